The molecular weight excluding hydrogens is 624 g/mol. The number of fused-ring (bicyclic) bond motifs is 1. The van der Waals surface area contributed by atoms with Gasteiger partial charge in [0.2, 0.25) is 11.9 Å². The minimum atomic E-state index is -4.22. The number of H-pyrrole nitrogens is 1. The molecule has 0 saturated carbocycles. The Hall–Kier alpha value is -3.02. The van der Waals surface area contributed by atoms with Gasteiger partial charge in [-0.25, -0.2) is 14.1 Å². The first-order valence-electron chi connectivity index (χ1n) is 13.8. The van der Waals surface area contributed by atoms with Crippen LogP contribution in [-0.2, 0) is 45.8 Å². The first-order valence-corrected chi connectivity index (χ1v) is 16.7. The molecule has 2 aromatic heterocycles. The third kappa shape index (κ3) is 9.49. The summed E-state index contributed by atoms with van der Waals surface area (Å²) in [5, 5.41) is 20.2. The summed E-state index contributed by atoms with van der Waals surface area (Å²) >= 11 is 0. The molecule has 1 saturated heterocycles. The molecule has 1 amide bonds. The number of ether oxygens (including phenoxy) is 1. The zero-order chi connectivity index (χ0) is 32.3. The molecule has 44 heavy (non-hydrogen) atoms. The second-order valence-electron chi connectivity index (χ2n) is 9.40. The number of rotatable bonds is 18. The van der Waals surface area contributed by atoms with Crippen LogP contribution in [0.15, 0.2) is 11.1 Å². The van der Waals surface area contributed by atoms with E-state index in [2.05, 4.69) is 20.3 Å². The van der Waals surface area contributed by atoms with Crippen molar-refractivity contribution < 1.29 is 45.8 Å². The van der Waals surface area contributed by atoms with Gasteiger partial charge in [-0.1, -0.05) is 13.8 Å². The maximum Gasteiger partial charge on any atom is 0.475 e. The highest BCUT2D eigenvalue weighted by Gasteiger charge is 2.44. The molecule has 1 aliphatic heterocycles. The zero-order valence-corrected chi connectivity index (χ0v) is 26.5. The van der Waals surface area contributed by atoms with Gasteiger partial charge in [0.15, 0.2) is 11.2 Å². The molecule has 2 unspecified atom stereocenters. The molecule has 3 heterocycles. The molecule has 0 radical (unpaired) electrons. The van der Waals surface area contributed by atoms with Gasteiger partial charge in [-0.2, -0.15) is 15.5 Å². The van der Waals surface area contributed by atoms with E-state index in [1.165, 1.54) is 10.9 Å². The van der Waals surface area contributed by atoms with Crippen LogP contribution >= 0.6 is 15.6 Å². The normalized spacial score (nSPS) is 21.0. The number of carbonyl (C=O) groups excluding carboxylic acids is 1. The molecule has 1 aliphatic rings. The van der Waals surface area contributed by atoms with Gasteiger partial charge in [-0.3, -0.25) is 51.6 Å². The monoisotopic (exact) mass is 659 g/mol. The molecular formula is C24H35N7O11P2. The standard InChI is InChI=1S/C24H35N7O11P2/c1-5-36-43(34,38-11-7-9-25)40-14-18-17(42-44(35,37-6-2)39-12-8-10-26)13-19(41-18)31-15-27-20-21(31)28-24(30-23(20)33)29-22(32)16(3)4/h15-19H,5-8,11-14H2,1-4H3,(H2,28,29,30,32,33)/t17-,18+,19+,43?,44?/m0/s1. The first kappa shape index (κ1) is 35.5. The van der Waals surface area contributed by atoms with Crippen LogP contribution in [0, 0.1) is 28.6 Å². The zero-order valence-electron chi connectivity index (χ0n) is 24.7. The van der Waals surface area contributed by atoms with Crippen molar-refractivity contribution in [2.75, 3.05) is 38.4 Å². The van der Waals surface area contributed by atoms with Gasteiger partial charge in [0, 0.05) is 12.3 Å². The summed E-state index contributed by atoms with van der Waals surface area (Å²) in [6, 6.07) is 3.73. The molecule has 0 bridgehead atoms. The number of nitrogens with one attached hydrogen (secondary N) is 2. The second kappa shape index (κ2) is 16.3. The minimum Gasteiger partial charge on any atom is -0.349 e. The topological polar surface area (TPSA) is 239 Å². The Kier molecular flexibility index (Phi) is 13.2. The minimum absolute atomic E-state index is 0.0267. The Labute approximate surface area is 253 Å². The van der Waals surface area contributed by atoms with E-state index >= 15 is 0 Å². The van der Waals surface area contributed by atoms with E-state index in [9.17, 15) is 18.7 Å². The van der Waals surface area contributed by atoms with Crippen LogP contribution < -0.4 is 10.9 Å². The number of hydrogen-bond donors (Lipinski definition) is 2. The Morgan fingerprint density at radius 1 is 1.11 bits per heavy atom. The number of imidazole rings is 1. The predicted molar refractivity (Wildman–Crippen MR) is 152 cm³/mol. The van der Waals surface area contributed by atoms with Gasteiger partial charge in [-0.15, -0.1) is 0 Å². The molecule has 242 valence electrons. The van der Waals surface area contributed by atoms with E-state index in [0.717, 1.165) is 0 Å². The van der Waals surface area contributed by atoms with Gasteiger partial charge in [0.05, 0.1) is 64.3 Å². The summed E-state index contributed by atoms with van der Waals surface area (Å²) in [6.45, 7) is 5.53. The van der Waals surface area contributed by atoms with Crippen LogP contribution in [0.3, 0.4) is 0 Å². The van der Waals surface area contributed by atoms with Crippen LogP contribution in [0.25, 0.3) is 11.2 Å². The fourth-order valence-electron chi connectivity index (χ4n) is 3.85. The number of phosphoric acid groups is 2. The fraction of sp³-hybridized carbons (Fsp3) is 0.667. The van der Waals surface area contributed by atoms with Crippen molar-refractivity contribution in [2.24, 2.45) is 5.92 Å². The maximum absolute atomic E-state index is 13.4. The average molecular weight is 660 g/mol. The molecule has 0 spiro atoms. The molecule has 2 N–H and O–H groups in total. The Balaban J connectivity index is 1.93. The number of carbonyl (C=O) groups is 1. The van der Waals surface area contributed by atoms with Crippen molar-refractivity contribution >= 4 is 38.7 Å². The average Bonchev–Trinajstić information content (AvgIpc) is 3.56. The lowest BCUT2D eigenvalue weighted by Crippen LogP contribution is -2.29. The lowest BCUT2D eigenvalue weighted by atomic mass is 10.2. The lowest BCUT2D eigenvalue weighted by molar-refractivity contribution is -0.118. The van der Waals surface area contributed by atoms with Gasteiger partial charge < -0.3 is 4.74 Å². The highest BCUT2D eigenvalue weighted by Crippen LogP contribution is 2.54. The van der Waals surface area contributed by atoms with Crippen molar-refractivity contribution in [2.45, 2.75) is 65.4 Å². The van der Waals surface area contributed by atoms with Crippen LogP contribution in [0.1, 0.15) is 53.2 Å². The number of hydrogen-bond acceptors (Lipinski definition) is 15. The number of aromatic nitrogens is 4. The highest BCUT2D eigenvalue weighted by atomic mass is 31.2. The van der Waals surface area contributed by atoms with E-state index in [0.29, 0.717) is 0 Å². The van der Waals surface area contributed by atoms with Crippen molar-refractivity contribution in [3.8, 4) is 12.1 Å². The van der Waals surface area contributed by atoms with Crippen molar-refractivity contribution in [3.05, 3.63) is 16.7 Å². The number of nitrogens with zero attached hydrogens (tertiary/aromatic N) is 5. The number of nitriles is 2. The fourth-order valence-corrected chi connectivity index (χ4v) is 6.42. The quantitative estimate of drug-likeness (QED) is 0.172. The Morgan fingerprint density at radius 2 is 1.75 bits per heavy atom. The van der Waals surface area contributed by atoms with Crippen LogP contribution in [-0.4, -0.2) is 70.7 Å². The summed E-state index contributed by atoms with van der Waals surface area (Å²) in [6.07, 6.45) is -1.98. The Morgan fingerprint density at radius 3 is 2.36 bits per heavy atom. The van der Waals surface area contributed by atoms with Gasteiger partial charge in [0.25, 0.3) is 5.56 Å². The van der Waals surface area contributed by atoms with E-state index in [1.807, 2.05) is 12.1 Å². The number of phosphoric ester groups is 2. The lowest BCUT2D eigenvalue weighted by Gasteiger charge is -2.25. The first-order chi connectivity index (χ1) is 21.0. The Bertz CT molecular complexity index is 1520. The molecule has 18 nitrogen and oxygen atoms in total. The number of aromatic amines is 1. The third-order valence-corrected chi connectivity index (χ3v) is 8.99. The summed E-state index contributed by atoms with van der Waals surface area (Å²) in [7, 11) is -8.36. The van der Waals surface area contributed by atoms with Crippen molar-refractivity contribution in [3.63, 3.8) is 0 Å². The SMILES string of the molecule is CCOP(=O)(OCCC#N)OC[C@H]1O[C@@H](n2cnc3c(=O)[nH]c(NC(=O)C(C)C)nc32)C[C@@H]1OP(=O)(OCC)OCCC#N. The van der Waals surface area contributed by atoms with Crippen molar-refractivity contribution in [1.29, 1.82) is 10.5 Å². The predicted octanol–water partition coefficient (Wildman–Crippen LogP) is 3.55. The summed E-state index contributed by atoms with van der Waals surface area (Å²) in [5.74, 6) is -0.863. The summed E-state index contributed by atoms with van der Waals surface area (Å²) < 4.78 is 66.3. The van der Waals surface area contributed by atoms with Gasteiger partial charge in [0.1, 0.15) is 18.4 Å². The second-order valence-corrected chi connectivity index (χ2v) is 12.7. The van der Waals surface area contributed by atoms with E-state index in [-0.39, 0.29) is 74.6 Å². The molecule has 2 aromatic rings. The van der Waals surface area contributed by atoms with Crippen LogP contribution in [0.4, 0.5) is 5.95 Å². The maximum atomic E-state index is 13.4. The van der Waals surface area contributed by atoms with E-state index in [1.54, 1.807) is 27.7 Å². The van der Waals surface area contributed by atoms with Gasteiger partial charge in [-0.05, 0) is 13.8 Å². The molecule has 3 rings (SSSR count). The molecule has 0 aliphatic carbocycles. The molecule has 0 aromatic carbocycles. The van der Waals surface area contributed by atoms with Gasteiger partial charge >= 0.3 is 15.6 Å². The highest BCUT2D eigenvalue weighted by molar-refractivity contribution is 7.48. The van der Waals surface area contributed by atoms with E-state index < -0.39 is 46.2 Å². The van der Waals surface area contributed by atoms with Crippen molar-refractivity contribution in [1.82, 2.24) is 19.5 Å². The van der Waals surface area contributed by atoms with E-state index in [4.69, 9.17) is 42.4 Å². The summed E-state index contributed by atoms with van der Waals surface area (Å²) in [4.78, 5) is 35.8. The summed E-state index contributed by atoms with van der Waals surface area (Å²) in [5.41, 5.74) is -0.589. The number of amides is 1. The third-order valence-electron chi connectivity index (χ3n) is 5.85. The number of anilines is 1. The smallest absolute Gasteiger partial charge is 0.349 e. The molecule has 5 atom stereocenters. The molecule has 1 fully saturated rings. The van der Waals surface area contributed by atoms with Crippen LogP contribution in [0.5, 0.6) is 0 Å². The van der Waals surface area contributed by atoms with Crippen LogP contribution in [0.2, 0.25) is 0 Å². The molecule has 20 heteroatoms. The largest absolute Gasteiger partial charge is 0.475 e.